The minimum absolute atomic E-state index is 0.0337. The first-order valence-corrected chi connectivity index (χ1v) is 12.3. The first-order chi connectivity index (χ1) is 15.9. The molecule has 166 valence electrons. The van der Waals surface area contributed by atoms with E-state index in [0.29, 0.717) is 12.1 Å². The van der Waals surface area contributed by atoms with Crippen molar-refractivity contribution in [2.45, 2.75) is 37.1 Å². The second-order valence-corrected chi connectivity index (χ2v) is 10.2. The lowest BCUT2D eigenvalue weighted by Crippen LogP contribution is -2.25. The molecule has 1 aliphatic heterocycles. The van der Waals surface area contributed by atoms with Gasteiger partial charge in [0.05, 0.1) is 5.56 Å². The van der Waals surface area contributed by atoms with Crippen LogP contribution in [-0.4, -0.2) is 28.3 Å². The number of carbonyl (C=O) groups is 2. The fourth-order valence-corrected chi connectivity index (χ4v) is 6.22. The van der Waals surface area contributed by atoms with Crippen molar-refractivity contribution in [3.8, 4) is 0 Å². The van der Waals surface area contributed by atoms with Gasteiger partial charge in [-0.05, 0) is 61.7 Å². The lowest BCUT2D eigenvalue weighted by molar-refractivity contribution is -0.116. The Morgan fingerprint density at radius 1 is 1.12 bits per heavy atom. The Bertz CT molecular complexity index is 1410. The molecule has 6 nitrogen and oxygen atoms in total. The maximum atomic E-state index is 13.2. The fourth-order valence-electron chi connectivity index (χ4n) is 4.08. The minimum atomic E-state index is -0.178. The number of hydrogen-bond donors (Lipinski definition) is 1. The van der Waals surface area contributed by atoms with Crippen molar-refractivity contribution in [1.29, 1.82) is 0 Å². The summed E-state index contributed by atoms with van der Waals surface area (Å²) >= 11 is 3.14. The van der Waals surface area contributed by atoms with Gasteiger partial charge in [-0.25, -0.2) is 9.97 Å². The van der Waals surface area contributed by atoms with Crippen molar-refractivity contribution in [2.24, 2.45) is 0 Å². The van der Waals surface area contributed by atoms with E-state index < -0.39 is 0 Å². The first-order valence-electron chi connectivity index (χ1n) is 10.6. The molecule has 5 rings (SSSR count). The van der Waals surface area contributed by atoms with Crippen LogP contribution >= 0.6 is 23.1 Å². The second-order valence-electron chi connectivity index (χ2n) is 7.96. The standard InChI is InChI=1S/C25H22N4O2S2/c1-14-15(2)32-24-22(14)25(27-13-26-24)33-21-7-5-4-6-19(21)23(31)28-18-8-9-20-17(12-18)10-11-29(20)16(3)30/h4-9,12-13H,10-11H2,1-3H3,(H,28,31). The smallest absolute Gasteiger partial charge is 0.256 e. The quantitative estimate of drug-likeness (QED) is 0.389. The molecule has 33 heavy (non-hydrogen) atoms. The van der Waals surface area contributed by atoms with Gasteiger partial charge in [0.2, 0.25) is 5.91 Å². The topological polar surface area (TPSA) is 75.2 Å². The lowest BCUT2D eigenvalue weighted by Gasteiger charge is -2.15. The van der Waals surface area contributed by atoms with E-state index in [1.54, 1.807) is 29.5 Å². The number of amides is 2. The molecule has 0 bridgehead atoms. The Morgan fingerprint density at radius 2 is 1.94 bits per heavy atom. The van der Waals surface area contributed by atoms with Gasteiger partial charge in [-0.1, -0.05) is 23.9 Å². The van der Waals surface area contributed by atoms with Gasteiger partial charge in [0.1, 0.15) is 16.2 Å². The average Bonchev–Trinajstić information content (AvgIpc) is 3.35. The number of fused-ring (bicyclic) bond motifs is 2. The molecule has 4 aromatic rings. The Labute approximate surface area is 200 Å². The molecule has 1 aliphatic rings. The van der Waals surface area contributed by atoms with Crippen LogP contribution in [0.1, 0.15) is 33.3 Å². The Kier molecular flexibility index (Phi) is 5.64. The predicted octanol–water partition coefficient (Wildman–Crippen LogP) is 5.62. The molecule has 3 heterocycles. The van der Waals surface area contributed by atoms with Crippen LogP contribution in [-0.2, 0) is 11.2 Å². The van der Waals surface area contributed by atoms with Crippen molar-refractivity contribution in [1.82, 2.24) is 9.97 Å². The van der Waals surface area contributed by atoms with E-state index in [1.807, 2.05) is 42.5 Å². The largest absolute Gasteiger partial charge is 0.322 e. The first kappa shape index (κ1) is 21.6. The minimum Gasteiger partial charge on any atom is -0.322 e. The third kappa shape index (κ3) is 4.00. The molecule has 2 aromatic heterocycles. The third-order valence-electron chi connectivity index (χ3n) is 5.88. The molecule has 2 aromatic carbocycles. The van der Waals surface area contributed by atoms with Gasteiger partial charge < -0.3 is 10.2 Å². The van der Waals surface area contributed by atoms with Gasteiger partial charge in [-0.15, -0.1) is 11.3 Å². The van der Waals surface area contributed by atoms with Gasteiger partial charge in [-0.2, -0.15) is 0 Å². The highest BCUT2D eigenvalue weighted by molar-refractivity contribution is 7.99. The summed E-state index contributed by atoms with van der Waals surface area (Å²) in [5.41, 5.74) is 4.48. The number of nitrogens with one attached hydrogen (secondary N) is 1. The fraction of sp³-hybridized carbons (Fsp3) is 0.200. The van der Waals surface area contributed by atoms with Crippen LogP contribution < -0.4 is 10.2 Å². The molecule has 0 atom stereocenters. The van der Waals surface area contributed by atoms with E-state index in [2.05, 4.69) is 29.1 Å². The molecule has 2 amide bonds. The van der Waals surface area contributed by atoms with E-state index in [0.717, 1.165) is 43.5 Å². The predicted molar refractivity (Wildman–Crippen MR) is 134 cm³/mol. The second kappa shape index (κ2) is 8.61. The lowest BCUT2D eigenvalue weighted by atomic mass is 10.1. The van der Waals surface area contributed by atoms with Crippen molar-refractivity contribution in [3.05, 3.63) is 70.4 Å². The molecular formula is C25H22N4O2S2. The molecule has 1 N–H and O–H groups in total. The maximum absolute atomic E-state index is 13.2. The van der Waals surface area contributed by atoms with Crippen LogP contribution in [0.25, 0.3) is 10.2 Å². The SMILES string of the molecule is CC(=O)N1CCc2cc(NC(=O)c3ccccc3Sc3ncnc4sc(C)c(C)c34)ccc21. The van der Waals surface area contributed by atoms with Crippen LogP contribution in [0.2, 0.25) is 0 Å². The van der Waals surface area contributed by atoms with E-state index in [9.17, 15) is 9.59 Å². The maximum Gasteiger partial charge on any atom is 0.256 e. The number of carbonyl (C=O) groups excluding carboxylic acids is 2. The molecule has 0 fully saturated rings. The van der Waals surface area contributed by atoms with E-state index >= 15 is 0 Å². The zero-order chi connectivity index (χ0) is 23.1. The van der Waals surface area contributed by atoms with Gasteiger partial charge in [0.15, 0.2) is 0 Å². The number of thiophene rings is 1. The summed E-state index contributed by atoms with van der Waals surface area (Å²) in [6, 6.07) is 13.3. The van der Waals surface area contributed by atoms with Crippen LogP contribution in [0.5, 0.6) is 0 Å². The molecule has 0 radical (unpaired) electrons. The summed E-state index contributed by atoms with van der Waals surface area (Å²) in [4.78, 5) is 38.7. The molecule has 0 spiro atoms. The summed E-state index contributed by atoms with van der Waals surface area (Å²) in [5.74, 6) is -0.144. The summed E-state index contributed by atoms with van der Waals surface area (Å²) in [6.07, 6.45) is 2.37. The third-order valence-corrected chi connectivity index (χ3v) is 8.08. The van der Waals surface area contributed by atoms with E-state index in [-0.39, 0.29) is 11.8 Å². The number of anilines is 2. The summed E-state index contributed by atoms with van der Waals surface area (Å²) < 4.78 is 0. The highest BCUT2D eigenvalue weighted by Crippen LogP contribution is 2.38. The van der Waals surface area contributed by atoms with Gasteiger partial charge in [0.25, 0.3) is 5.91 Å². The Morgan fingerprint density at radius 3 is 2.76 bits per heavy atom. The molecule has 0 saturated carbocycles. The summed E-state index contributed by atoms with van der Waals surface area (Å²) in [6.45, 7) is 6.42. The molecule has 0 unspecified atom stereocenters. The normalized spacial score (nSPS) is 12.8. The van der Waals surface area contributed by atoms with E-state index in [4.69, 9.17) is 0 Å². The van der Waals surface area contributed by atoms with Crippen molar-refractivity contribution >= 4 is 56.5 Å². The number of aromatic nitrogens is 2. The Balaban J connectivity index is 1.42. The van der Waals surface area contributed by atoms with Crippen LogP contribution in [0.4, 0.5) is 11.4 Å². The van der Waals surface area contributed by atoms with Crippen molar-refractivity contribution in [2.75, 3.05) is 16.8 Å². The van der Waals surface area contributed by atoms with Crippen molar-refractivity contribution < 1.29 is 9.59 Å². The van der Waals surface area contributed by atoms with Gasteiger partial charge in [0, 0.05) is 40.0 Å². The zero-order valence-electron chi connectivity index (χ0n) is 18.5. The molecule has 0 aliphatic carbocycles. The molecule has 0 saturated heterocycles. The number of nitrogens with zero attached hydrogens (tertiary/aromatic N) is 3. The summed E-state index contributed by atoms with van der Waals surface area (Å²) in [7, 11) is 0. The molecule has 8 heteroatoms. The van der Waals surface area contributed by atoms with Crippen LogP contribution in [0, 0.1) is 13.8 Å². The Hall–Kier alpha value is -3.23. The monoisotopic (exact) mass is 474 g/mol. The highest BCUT2D eigenvalue weighted by atomic mass is 32.2. The van der Waals surface area contributed by atoms with Crippen LogP contribution in [0.15, 0.2) is 58.7 Å². The molecular weight excluding hydrogens is 452 g/mol. The van der Waals surface area contributed by atoms with Gasteiger partial charge >= 0.3 is 0 Å². The van der Waals surface area contributed by atoms with E-state index in [1.165, 1.54) is 22.2 Å². The number of aryl methyl sites for hydroxylation is 2. The zero-order valence-corrected chi connectivity index (χ0v) is 20.1. The summed E-state index contributed by atoms with van der Waals surface area (Å²) in [5, 5.41) is 4.93. The number of rotatable bonds is 4. The highest BCUT2D eigenvalue weighted by Gasteiger charge is 2.23. The number of benzene rings is 2. The van der Waals surface area contributed by atoms with Gasteiger partial charge in [-0.3, -0.25) is 9.59 Å². The average molecular weight is 475 g/mol. The number of hydrogen-bond acceptors (Lipinski definition) is 6. The van der Waals surface area contributed by atoms with Crippen molar-refractivity contribution in [3.63, 3.8) is 0 Å². The van der Waals surface area contributed by atoms with Crippen LogP contribution in [0.3, 0.4) is 0 Å².